The second-order valence-corrected chi connectivity index (χ2v) is 3.94. The van der Waals surface area contributed by atoms with Gasteiger partial charge < -0.3 is 10.4 Å². The fourth-order valence-corrected chi connectivity index (χ4v) is 1.85. The van der Waals surface area contributed by atoms with Gasteiger partial charge in [0.25, 0.3) is 0 Å². The van der Waals surface area contributed by atoms with E-state index in [1.165, 1.54) is 0 Å². The van der Waals surface area contributed by atoms with Gasteiger partial charge >= 0.3 is 5.97 Å². The highest BCUT2D eigenvalue weighted by Crippen LogP contribution is 2.20. The van der Waals surface area contributed by atoms with Crippen molar-refractivity contribution in [3.8, 4) is 0 Å². The zero-order chi connectivity index (χ0) is 11.7. The molecule has 0 saturated carbocycles. The molecule has 2 atom stereocenters. The monoisotopic (exact) mass is 220 g/mol. The number of aliphatic carboxylic acids is 1. The molecular weight excluding hydrogens is 208 g/mol. The summed E-state index contributed by atoms with van der Waals surface area (Å²) in [6.07, 6.45) is 2.11. The molecule has 1 aliphatic rings. The van der Waals surface area contributed by atoms with Gasteiger partial charge in [0.05, 0.1) is 5.92 Å². The highest BCUT2D eigenvalue weighted by molar-refractivity contribution is 5.96. The average molecular weight is 220 g/mol. The summed E-state index contributed by atoms with van der Waals surface area (Å²) in [6, 6.07) is 2.92. The first kappa shape index (κ1) is 10.6. The van der Waals surface area contributed by atoms with Crippen LogP contribution in [0.3, 0.4) is 0 Å². The van der Waals surface area contributed by atoms with Crippen molar-refractivity contribution >= 4 is 11.9 Å². The number of aromatic nitrogens is 1. The first-order valence-electron chi connectivity index (χ1n) is 5.02. The molecule has 0 radical (unpaired) electrons. The fraction of sp³-hybridized carbons (Fsp3) is 0.364. The lowest BCUT2D eigenvalue weighted by Crippen LogP contribution is -2.62. The quantitative estimate of drug-likeness (QED) is 0.710. The summed E-state index contributed by atoms with van der Waals surface area (Å²) in [5.41, 5.74) is 1.81. The van der Waals surface area contributed by atoms with Gasteiger partial charge in [-0.1, -0.05) is 0 Å². The van der Waals surface area contributed by atoms with Gasteiger partial charge in [-0.05, 0) is 31.0 Å². The number of β-lactam (4-membered cyclic amide) rings is 1. The lowest BCUT2D eigenvalue weighted by Gasteiger charge is -2.33. The third kappa shape index (κ3) is 1.88. The van der Waals surface area contributed by atoms with Gasteiger partial charge in [0.1, 0.15) is 6.04 Å². The van der Waals surface area contributed by atoms with E-state index in [1.54, 1.807) is 12.3 Å². The smallest absolute Gasteiger partial charge is 0.327 e. The Labute approximate surface area is 92.5 Å². The topological polar surface area (TPSA) is 79.3 Å². The molecule has 1 aromatic heterocycles. The van der Waals surface area contributed by atoms with E-state index in [2.05, 4.69) is 10.3 Å². The summed E-state index contributed by atoms with van der Waals surface area (Å²) >= 11 is 0. The van der Waals surface area contributed by atoms with Crippen LogP contribution in [0.25, 0.3) is 0 Å². The van der Waals surface area contributed by atoms with E-state index in [0.29, 0.717) is 6.42 Å². The van der Waals surface area contributed by atoms with Crippen molar-refractivity contribution in [1.82, 2.24) is 10.3 Å². The number of hydrogen-bond donors (Lipinski definition) is 2. The van der Waals surface area contributed by atoms with E-state index >= 15 is 0 Å². The van der Waals surface area contributed by atoms with Crippen molar-refractivity contribution < 1.29 is 14.7 Å². The number of amides is 1. The first-order chi connectivity index (χ1) is 7.58. The predicted molar refractivity (Wildman–Crippen MR) is 55.7 cm³/mol. The van der Waals surface area contributed by atoms with E-state index in [1.807, 2.05) is 13.0 Å². The van der Waals surface area contributed by atoms with Crippen molar-refractivity contribution in [2.75, 3.05) is 0 Å². The molecule has 0 bridgehead atoms. The molecule has 0 aliphatic carbocycles. The first-order valence-corrected chi connectivity index (χ1v) is 5.02. The average Bonchev–Trinajstić information content (AvgIpc) is 2.22. The molecule has 5 nitrogen and oxygen atoms in total. The van der Waals surface area contributed by atoms with Crippen LogP contribution in [0, 0.1) is 12.8 Å². The number of carboxylic acids is 1. The Hall–Kier alpha value is -1.91. The van der Waals surface area contributed by atoms with Crippen LogP contribution in [0.1, 0.15) is 11.3 Å². The number of carboxylic acid groups (broad SMARTS) is 1. The van der Waals surface area contributed by atoms with Crippen LogP contribution in [-0.4, -0.2) is 28.0 Å². The minimum Gasteiger partial charge on any atom is -0.480 e. The van der Waals surface area contributed by atoms with Crippen molar-refractivity contribution in [2.24, 2.45) is 5.92 Å². The van der Waals surface area contributed by atoms with Gasteiger partial charge in [-0.25, -0.2) is 4.79 Å². The summed E-state index contributed by atoms with van der Waals surface area (Å²) in [6.45, 7) is 1.86. The highest BCUT2D eigenvalue weighted by atomic mass is 16.4. The molecule has 1 fully saturated rings. The normalized spacial score (nSPS) is 23.4. The zero-order valence-electron chi connectivity index (χ0n) is 8.80. The Balaban J connectivity index is 2.09. The summed E-state index contributed by atoms with van der Waals surface area (Å²) in [4.78, 5) is 26.1. The summed E-state index contributed by atoms with van der Waals surface area (Å²) < 4.78 is 0. The van der Waals surface area contributed by atoms with E-state index in [-0.39, 0.29) is 5.91 Å². The van der Waals surface area contributed by atoms with Gasteiger partial charge in [0, 0.05) is 11.9 Å². The van der Waals surface area contributed by atoms with Crippen LogP contribution in [0.5, 0.6) is 0 Å². The van der Waals surface area contributed by atoms with Crippen LogP contribution < -0.4 is 5.32 Å². The number of rotatable bonds is 3. The molecule has 0 aromatic carbocycles. The second-order valence-electron chi connectivity index (χ2n) is 3.94. The maximum atomic E-state index is 11.2. The number of nitrogens with one attached hydrogen (secondary N) is 1. The molecule has 1 aliphatic heterocycles. The van der Waals surface area contributed by atoms with Crippen LogP contribution in [0.4, 0.5) is 0 Å². The molecule has 16 heavy (non-hydrogen) atoms. The Morgan fingerprint density at radius 1 is 1.62 bits per heavy atom. The molecule has 2 N–H and O–H groups in total. The molecule has 2 heterocycles. The van der Waals surface area contributed by atoms with E-state index in [0.717, 1.165) is 11.3 Å². The third-order valence-electron chi connectivity index (χ3n) is 2.72. The zero-order valence-corrected chi connectivity index (χ0v) is 8.80. The molecule has 1 amide bonds. The van der Waals surface area contributed by atoms with E-state index in [4.69, 9.17) is 5.11 Å². The van der Waals surface area contributed by atoms with E-state index in [9.17, 15) is 9.59 Å². The number of nitrogens with zero attached hydrogens (tertiary/aromatic N) is 1. The SMILES string of the molecule is Cc1cc(CC2C(=O)N[C@@H]2C(=O)O)ccn1. The Morgan fingerprint density at radius 2 is 2.38 bits per heavy atom. The number of carbonyl (C=O) groups is 2. The maximum absolute atomic E-state index is 11.2. The van der Waals surface area contributed by atoms with Gasteiger partial charge in [-0.2, -0.15) is 0 Å². The number of hydrogen-bond acceptors (Lipinski definition) is 3. The van der Waals surface area contributed by atoms with Crippen molar-refractivity contribution in [3.63, 3.8) is 0 Å². The predicted octanol–water partition coefficient (Wildman–Crippen LogP) is 0.132. The number of aryl methyl sites for hydroxylation is 1. The number of pyridine rings is 1. The minimum atomic E-state index is -0.977. The van der Waals surface area contributed by atoms with Crippen LogP contribution in [0.2, 0.25) is 0 Å². The van der Waals surface area contributed by atoms with Gasteiger partial charge in [0.15, 0.2) is 0 Å². The van der Waals surface area contributed by atoms with Crippen molar-refractivity contribution in [3.05, 3.63) is 29.6 Å². The Kier molecular flexibility index (Phi) is 2.60. The van der Waals surface area contributed by atoms with Gasteiger partial charge in [-0.15, -0.1) is 0 Å². The highest BCUT2D eigenvalue weighted by Gasteiger charge is 2.43. The minimum absolute atomic E-state index is 0.193. The summed E-state index contributed by atoms with van der Waals surface area (Å²) in [5.74, 6) is -1.63. The molecule has 84 valence electrons. The third-order valence-corrected chi connectivity index (χ3v) is 2.72. The standard InChI is InChI=1S/C11H12N2O3/c1-6-4-7(2-3-12-6)5-8-9(11(15)16)13-10(8)14/h2-4,8-9H,5H2,1H3,(H,13,14)(H,15,16)/t8?,9-/m0/s1. The van der Waals surface area contributed by atoms with Gasteiger partial charge in [0.2, 0.25) is 5.91 Å². The van der Waals surface area contributed by atoms with Crippen LogP contribution in [0.15, 0.2) is 18.3 Å². The molecule has 1 unspecified atom stereocenters. The van der Waals surface area contributed by atoms with Crippen molar-refractivity contribution in [2.45, 2.75) is 19.4 Å². The molecule has 0 spiro atoms. The molecule has 1 saturated heterocycles. The Morgan fingerprint density at radius 3 is 2.94 bits per heavy atom. The van der Waals surface area contributed by atoms with E-state index < -0.39 is 17.9 Å². The Bertz CT molecular complexity index is 445. The molecular formula is C11H12N2O3. The lowest BCUT2D eigenvalue weighted by atomic mass is 9.85. The van der Waals surface area contributed by atoms with Crippen molar-refractivity contribution in [1.29, 1.82) is 0 Å². The molecule has 5 heteroatoms. The number of carbonyl (C=O) groups excluding carboxylic acids is 1. The second kappa shape index (κ2) is 3.92. The van der Waals surface area contributed by atoms with Crippen LogP contribution in [-0.2, 0) is 16.0 Å². The molecule has 2 rings (SSSR count). The maximum Gasteiger partial charge on any atom is 0.327 e. The van der Waals surface area contributed by atoms with Gasteiger partial charge in [-0.3, -0.25) is 9.78 Å². The fourth-order valence-electron chi connectivity index (χ4n) is 1.85. The lowest BCUT2D eigenvalue weighted by molar-refractivity contribution is -0.153. The molecule has 1 aromatic rings. The summed E-state index contributed by atoms with van der Waals surface area (Å²) in [7, 11) is 0. The largest absolute Gasteiger partial charge is 0.480 e. The van der Waals surface area contributed by atoms with Crippen LogP contribution >= 0.6 is 0 Å². The summed E-state index contributed by atoms with van der Waals surface area (Å²) in [5, 5.41) is 11.2.